The number of nitrogens with two attached hydrogens (primary N) is 1. The molecule has 0 radical (unpaired) electrons. The number of aromatic nitrogens is 2. The topological polar surface area (TPSA) is 71.8 Å². The van der Waals surface area contributed by atoms with E-state index >= 15 is 0 Å². The average Bonchev–Trinajstić information content (AvgIpc) is 2.88. The highest BCUT2D eigenvalue weighted by atomic mass is 16.1. The highest BCUT2D eigenvalue weighted by molar-refractivity contribution is 5.17. The summed E-state index contributed by atoms with van der Waals surface area (Å²) in [4.78, 5) is 18.4. The number of H-pyrrole nitrogens is 1. The van der Waals surface area contributed by atoms with Crippen LogP contribution in [-0.2, 0) is 6.42 Å². The zero-order valence-corrected chi connectivity index (χ0v) is 7.42. The van der Waals surface area contributed by atoms with Crippen LogP contribution in [0.1, 0.15) is 30.1 Å². The zero-order chi connectivity index (χ0) is 9.26. The molecule has 1 aliphatic rings. The van der Waals surface area contributed by atoms with Crippen LogP contribution in [0.3, 0.4) is 0 Å². The van der Waals surface area contributed by atoms with Crippen molar-refractivity contribution in [3.8, 4) is 0 Å². The maximum atomic E-state index is 11.5. The Morgan fingerprint density at radius 1 is 1.62 bits per heavy atom. The Morgan fingerprint density at radius 2 is 2.38 bits per heavy atom. The van der Waals surface area contributed by atoms with Crippen LogP contribution in [0, 0.1) is 0 Å². The standard InChI is InChI=1S/C9H13N3O/c10-4-3-8-11-5-7(6-1-2-6)9(13)12-8/h5-6H,1-4,10H2,(H,11,12,13). The van der Waals surface area contributed by atoms with E-state index in [1.807, 2.05) is 0 Å². The Labute approximate surface area is 76.2 Å². The van der Waals surface area contributed by atoms with Gasteiger partial charge in [-0.15, -0.1) is 0 Å². The lowest BCUT2D eigenvalue weighted by molar-refractivity contribution is 0.838. The van der Waals surface area contributed by atoms with Gasteiger partial charge in [0.15, 0.2) is 0 Å². The van der Waals surface area contributed by atoms with Crippen molar-refractivity contribution < 1.29 is 0 Å². The molecule has 2 rings (SSSR count). The molecule has 1 heterocycles. The molecule has 0 atom stereocenters. The minimum atomic E-state index is 0.0148. The SMILES string of the molecule is NCCc1ncc(C2CC2)c(=O)[nH]1. The fraction of sp³-hybridized carbons (Fsp3) is 0.556. The smallest absolute Gasteiger partial charge is 0.254 e. The second-order valence-corrected chi connectivity index (χ2v) is 3.43. The van der Waals surface area contributed by atoms with E-state index in [-0.39, 0.29) is 5.56 Å². The van der Waals surface area contributed by atoms with Gasteiger partial charge in [-0.3, -0.25) is 4.79 Å². The summed E-state index contributed by atoms with van der Waals surface area (Å²) in [7, 11) is 0. The summed E-state index contributed by atoms with van der Waals surface area (Å²) < 4.78 is 0. The summed E-state index contributed by atoms with van der Waals surface area (Å²) in [6.45, 7) is 0.520. The molecule has 4 nitrogen and oxygen atoms in total. The quantitative estimate of drug-likeness (QED) is 0.693. The Balaban J connectivity index is 2.26. The fourth-order valence-electron chi connectivity index (χ4n) is 1.39. The normalized spacial score (nSPS) is 16.1. The van der Waals surface area contributed by atoms with E-state index in [0.717, 1.165) is 18.4 Å². The number of nitrogens with one attached hydrogen (secondary N) is 1. The molecule has 1 aromatic rings. The molecule has 13 heavy (non-hydrogen) atoms. The molecule has 70 valence electrons. The van der Waals surface area contributed by atoms with Crippen LogP contribution in [0.15, 0.2) is 11.0 Å². The molecule has 3 N–H and O–H groups in total. The predicted molar refractivity (Wildman–Crippen MR) is 49.6 cm³/mol. The van der Waals surface area contributed by atoms with Crippen molar-refractivity contribution in [2.24, 2.45) is 5.73 Å². The molecule has 4 heteroatoms. The highest BCUT2D eigenvalue weighted by Crippen LogP contribution is 2.37. The monoisotopic (exact) mass is 179 g/mol. The first-order valence-corrected chi connectivity index (χ1v) is 4.59. The lowest BCUT2D eigenvalue weighted by Gasteiger charge is -1.99. The third-order valence-electron chi connectivity index (χ3n) is 2.28. The zero-order valence-electron chi connectivity index (χ0n) is 7.42. The largest absolute Gasteiger partial charge is 0.330 e. The van der Waals surface area contributed by atoms with E-state index < -0.39 is 0 Å². The van der Waals surface area contributed by atoms with Gasteiger partial charge in [0, 0.05) is 18.2 Å². The Kier molecular flexibility index (Phi) is 2.14. The third-order valence-corrected chi connectivity index (χ3v) is 2.28. The minimum Gasteiger partial charge on any atom is -0.330 e. The maximum absolute atomic E-state index is 11.5. The summed E-state index contributed by atoms with van der Waals surface area (Å²) in [5.41, 5.74) is 6.21. The van der Waals surface area contributed by atoms with Crippen molar-refractivity contribution >= 4 is 0 Å². The summed E-state index contributed by atoms with van der Waals surface area (Å²) in [6.07, 6.45) is 4.59. The van der Waals surface area contributed by atoms with Gasteiger partial charge in [-0.2, -0.15) is 0 Å². The molecule has 0 aromatic carbocycles. The Bertz CT molecular complexity index is 354. The summed E-state index contributed by atoms with van der Waals surface area (Å²) in [6, 6.07) is 0. The fourth-order valence-corrected chi connectivity index (χ4v) is 1.39. The molecule has 0 aliphatic heterocycles. The van der Waals surface area contributed by atoms with Crippen LogP contribution in [-0.4, -0.2) is 16.5 Å². The second-order valence-electron chi connectivity index (χ2n) is 3.43. The number of rotatable bonds is 3. The van der Waals surface area contributed by atoms with Gasteiger partial charge in [-0.1, -0.05) is 0 Å². The highest BCUT2D eigenvalue weighted by Gasteiger charge is 2.26. The van der Waals surface area contributed by atoms with Crippen molar-refractivity contribution in [3.05, 3.63) is 27.9 Å². The number of hydrogen-bond donors (Lipinski definition) is 2. The lowest BCUT2D eigenvalue weighted by atomic mass is 10.2. The molecule has 1 fully saturated rings. The van der Waals surface area contributed by atoms with Gasteiger partial charge in [-0.25, -0.2) is 4.98 Å². The first-order chi connectivity index (χ1) is 6.31. The van der Waals surface area contributed by atoms with Crippen LogP contribution in [0.2, 0.25) is 0 Å². The first-order valence-electron chi connectivity index (χ1n) is 4.59. The van der Waals surface area contributed by atoms with E-state index in [2.05, 4.69) is 9.97 Å². The van der Waals surface area contributed by atoms with Crippen molar-refractivity contribution in [1.29, 1.82) is 0 Å². The lowest BCUT2D eigenvalue weighted by Crippen LogP contribution is -2.17. The summed E-state index contributed by atoms with van der Waals surface area (Å²) in [5, 5.41) is 0. The third kappa shape index (κ3) is 1.78. The van der Waals surface area contributed by atoms with Crippen LogP contribution >= 0.6 is 0 Å². The van der Waals surface area contributed by atoms with Crippen LogP contribution < -0.4 is 11.3 Å². The minimum absolute atomic E-state index is 0.0148. The molecule has 1 aliphatic carbocycles. The van der Waals surface area contributed by atoms with Crippen molar-refractivity contribution in [3.63, 3.8) is 0 Å². The summed E-state index contributed by atoms with van der Waals surface area (Å²) in [5.74, 6) is 1.15. The van der Waals surface area contributed by atoms with Crippen molar-refractivity contribution in [2.75, 3.05) is 6.54 Å². The van der Waals surface area contributed by atoms with Crippen LogP contribution in [0.25, 0.3) is 0 Å². The molecular formula is C9H13N3O. The molecule has 1 saturated carbocycles. The molecule has 1 aromatic heterocycles. The molecule has 0 spiro atoms. The van der Waals surface area contributed by atoms with Gasteiger partial charge in [0.2, 0.25) is 0 Å². The van der Waals surface area contributed by atoms with E-state index in [1.165, 1.54) is 0 Å². The summed E-state index contributed by atoms with van der Waals surface area (Å²) >= 11 is 0. The van der Waals surface area contributed by atoms with Gasteiger partial charge >= 0.3 is 0 Å². The molecular weight excluding hydrogens is 166 g/mol. The second kappa shape index (κ2) is 3.30. The van der Waals surface area contributed by atoms with E-state index in [9.17, 15) is 4.79 Å². The number of aromatic amines is 1. The van der Waals surface area contributed by atoms with Crippen LogP contribution in [0.4, 0.5) is 0 Å². The van der Waals surface area contributed by atoms with Crippen molar-refractivity contribution in [1.82, 2.24) is 9.97 Å². The molecule has 0 amide bonds. The number of hydrogen-bond acceptors (Lipinski definition) is 3. The van der Waals surface area contributed by atoms with Gasteiger partial charge in [-0.05, 0) is 25.3 Å². The van der Waals surface area contributed by atoms with Crippen LogP contribution in [0.5, 0.6) is 0 Å². The molecule has 0 bridgehead atoms. The van der Waals surface area contributed by atoms with Gasteiger partial charge < -0.3 is 10.7 Å². The van der Waals surface area contributed by atoms with E-state index in [0.29, 0.717) is 24.7 Å². The predicted octanol–water partition coefficient (Wildman–Crippen LogP) is 0.148. The van der Waals surface area contributed by atoms with E-state index in [1.54, 1.807) is 6.20 Å². The molecule has 0 saturated heterocycles. The Hall–Kier alpha value is -1.16. The maximum Gasteiger partial charge on any atom is 0.254 e. The van der Waals surface area contributed by atoms with Gasteiger partial charge in [0.1, 0.15) is 5.82 Å². The molecule has 0 unspecified atom stereocenters. The first kappa shape index (κ1) is 8.44. The van der Waals surface area contributed by atoms with Gasteiger partial charge in [0.05, 0.1) is 0 Å². The number of nitrogens with zero attached hydrogens (tertiary/aromatic N) is 1. The van der Waals surface area contributed by atoms with Crippen molar-refractivity contribution in [2.45, 2.75) is 25.2 Å². The average molecular weight is 179 g/mol. The van der Waals surface area contributed by atoms with E-state index in [4.69, 9.17) is 5.73 Å². The Morgan fingerprint density at radius 3 is 2.92 bits per heavy atom. The van der Waals surface area contributed by atoms with Gasteiger partial charge in [0.25, 0.3) is 5.56 Å².